The molecule has 1 aromatic carbocycles. The molecule has 2 rings (SSSR count). The van der Waals surface area contributed by atoms with Crippen LogP contribution >= 0.6 is 11.6 Å². The molecule has 0 unspecified atom stereocenters. The van der Waals surface area contributed by atoms with Crippen molar-refractivity contribution in [3.05, 3.63) is 40.9 Å². The molecule has 0 amide bonds. The molecule has 0 atom stereocenters. The molecule has 0 saturated heterocycles. The maximum atomic E-state index is 12.5. The second-order valence-corrected chi connectivity index (χ2v) is 4.54. The van der Waals surface area contributed by atoms with Gasteiger partial charge in [0.25, 0.3) is 0 Å². The average molecular weight is 333 g/mol. The molecule has 5 nitrogen and oxygen atoms in total. The van der Waals surface area contributed by atoms with Crippen molar-refractivity contribution in [3.8, 4) is 17.1 Å². The van der Waals surface area contributed by atoms with Crippen molar-refractivity contribution in [3.63, 3.8) is 0 Å². The van der Waals surface area contributed by atoms with Gasteiger partial charge in [-0.2, -0.15) is 13.2 Å². The number of benzene rings is 1. The summed E-state index contributed by atoms with van der Waals surface area (Å²) in [6, 6.07) is 5.42. The summed E-state index contributed by atoms with van der Waals surface area (Å²) in [4.78, 5) is 14.4. The zero-order valence-electron chi connectivity index (χ0n) is 10.7. The molecule has 3 N–H and O–H groups in total. The molecular formula is C13H8ClF3N2O3. The van der Waals surface area contributed by atoms with E-state index in [0.29, 0.717) is 5.56 Å². The van der Waals surface area contributed by atoms with E-state index in [1.54, 1.807) is 0 Å². The Hall–Kier alpha value is -2.48. The molecule has 116 valence electrons. The van der Waals surface area contributed by atoms with Gasteiger partial charge < -0.3 is 15.6 Å². The standard InChI is InChI=1S/C13H8ClF3N2O3/c14-10-8(18)5-9(19-11(10)22-12(20)21)6-1-3-7(4-2-6)13(15,16)17/h1-5H,(H2,18,19)(H,20,21). The predicted octanol–water partition coefficient (Wildman–Crippen LogP) is 4.06. The number of hydrogen-bond donors (Lipinski definition) is 2. The lowest BCUT2D eigenvalue weighted by Crippen LogP contribution is -2.07. The third kappa shape index (κ3) is 3.40. The van der Waals surface area contributed by atoms with Crippen LogP contribution in [0.5, 0.6) is 5.88 Å². The van der Waals surface area contributed by atoms with Crippen LogP contribution in [0.2, 0.25) is 5.02 Å². The van der Waals surface area contributed by atoms with E-state index in [-0.39, 0.29) is 16.4 Å². The third-order valence-electron chi connectivity index (χ3n) is 2.65. The summed E-state index contributed by atoms with van der Waals surface area (Å²) in [6.07, 6.45) is -6.10. The fourth-order valence-electron chi connectivity index (χ4n) is 1.65. The number of carboxylic acid groups (broad SMARTS) is 1. The summed E-state index contributed by atoms with van der Waals surface area (Å²) in [7, 11) is 0. The van der Waals surface area contributed by atoms with E-state index in [0.717, 1.165) is 12.1 Å². The highest BCUT2D eigenvalue weighted by atomic mass is 35.5. The van der Waals surface area contributed by atoms with E-state index < -0.39 is 23.8 Å². The summed E-state index contributed by atoms with van der Waals surface area (Å²) in [5, 5.41) is 8.39. The van der Waals surface area contributed by atoms with Gasteiger partial charge in [0.05, 0.1) is 16.9 Å². The van der Waals surface area contributed by atoms with E-state index in [1.807, 2.05) is 0 Å². The number of anilines is 1. The highest BCUT2D eigenvalue weighted by molar-refractivity contribution is 6.34. The number of halogens is 4. The van der Waals surface area contributed by atoms with Gasteiger partial charge in [0, 0.05) is 5.56 Å². The van der Waals surface area contributed by atoms with Gasteiger partial charge in [-0.05, 0) is 18.2 Å². The van der Waals surface area contributed by atoms with Crippen molar-refractivity contribution in [1.29, 1.82) is 0 Å². The quantitative estimate of drug-likeness (QED) is 0.810. The minimum Gasteiger partial charge on any atom is -0.449 e. The molecule has 0 fully saturated rings. The molecule has 0 radical (unpaired) electrons. The zero-order chi connectivity index (χ0) is 16.5. The molecule has 0 aliphatic carbocycles. The summed E-state index contributed by atoms with van der Waals surface area (Å²) in [6.45, 7) is 0. The third-order valence-corrected chi connectivity index (χ3v) is 3.03. The predicted molar refractivity (Wildman–Crippen MR) is 72.8 cm³/mol. The van der Waals surface area contributed by atoms with Crippen LogP contribution in [0.15, 0.2) is 30.3 Å². The van der Waals surface area contributed by atoms with Crippen molar-refractivity contribution < 1.29 is 27.8 Å². The Morgan fingerprint density at radius 2 is 1.86 bits per heavy atom. The van der Waals surface area contributed by atoms with Crippen molar-refractivity contribution in [2.24, 2.45) is 0 Å². The monoisotopic (exact) mass is 332 g/mol. The van der Waals surface area contributed by atoms with Gasteiger partial charge in [0.1, 0.15) is 5.02 Å². The van der Waals surface area contributed by atoms with Gasteiger partial charge >= 0.3 is 12.3 Å². The maximum absolute atomic E-state index is 12.5. The van der Waals surface area contributed by atoms with Crippen LogP contribution in [0.25, 0.3) is 11.3 Å². The van der Waals surface area contributed by atoms with Gasteiger partial charge in [-0.15, -0.1) is 0 Å². The number of ether oxygens (including phenoxy) is 1. The van der Waals surface area contributed by atoms with Crippen molar-refractivity contribution in [2.45, 2.75) is 6.18 Å². The Morgan fingerprint density at radius 1 is 1.27 bits per heavy atom. The lowest BCUT2D eigenvalue weighted by molar-refractivity contribution is -0.137. The molecule has 1 aromatic heterocycles. The minimum absolute atomic E-state index is 0.0113. The topological polar surface area (TPSA) is 85.4 Å². The van der Waals surface area contributed by atoms with Crippen LogP contribution in [0.3, 0.4) is 0 Å². The SMILES string of the molecule is Nc1cc(-c2ccc(C(F)(F)F)cc2)nc(OC(=O)O)c1Cl. The Morgan fingerprint density at radius 3 is 2.36 bits per heavy atom. The van der Waals surface area contributed by atoms with Gasteiger partial charge in [-0.25, -0.2) is 9.78 Å². The number of rotatable bonds is 2. The lowest BCUT2D eigenvalue weighted by Gasteiger charge is -2.10. The molecule has 22 heavy (non-hydrogen) atoms. The van der Waals surface area contributed by atoms with E-state index in [2.05, 4.69) is 9.72 Å². The van der Waals surface area contributed by atoms with Gasteiger partial charge in [-0.3, -0.25) is 0 Å². The summed E-state index contributed by atoms with van der Waals surface area (Å²) < 4.78 is 41.9. The summed E-state index contributed by atoms with van der Waals surface area (Å²) in [5.41, 5.74) is 5.21. The molecule has 0 aliphatic heterocycles. The van der Waals surface area contributed by atoms with Crippen LogP contribution in [0.1, 0.15) is 5.56 Å². The first-order valence-electron chi connectivity index (χ1n) is 5.73. The van der Waals surface area contributed by atoms with E-state index in [9.17, 15) is 18.0 Å². The van der Waals surface area contributed by atoms with Gasteiger partial charge in [0.2, 0.25) is 5.88 Å². The van der Waals surface area contributed by atoms with E-state index >= 15 is 0 Å². The van der Waals surface area contributed by atoms with E-state index in [4.69, 9.17) is 22.4 Å². The number of alkyl halides is 3. The number of nitrogen functional groups attached to an aromatic ring is 1. The van der Waals surface area contributed by atoms with Crippen LogP contribution in [0, 0.1) is 0 Å². The average Bonchev–Trinajstić information content (AvgIpc) is 2.42. The normalized spacial score (nSPS) is 11.3. The Bertz CT molecular complexity index is 718. The Kier molecular flexibility index (Phi) is 4.14. The highest BCUT2D eigenvalue weighted by Crippen LogP contribution is 2.34. The molecule has 9 heteroatoms. The number of carbonyl (C=O) groups is 1. The largest absolute Gasteiger partial charge is 0.512 e. The van der Waals surface area contributed by atoms with Gasteiger partial charge in [-0.1, -0.05) is 23.7 Å². The molecule has 0 spiro atoms. The summed E-state index contributed by atoms with van der Waals surface area (Å²) in [5.74, 6) is -0.441. The Balaban J connectivity index is 2.44. The number of nitrogens with zero attached hydrogens (tertiary/aromatic N) is 1. The number of hydrogen-bond acceptors (Lipinski definition) is 4. The highest BCUT2D eigenvalue weighted by Gasteiger charge is 2.30. The van der Waals surface area contributed by atoms with Crippen LogP contribution in [-0.4, -0.2) is 16.2 Å². The molecule has 2 aromatic rings. The van der Waals surface area contributed by atoms with Crippen LogP contribution < -0.4 is 10.5 Å². The van der Waals surface area contributed by atoms with E-state index in [1.165, 1.54) is 18.2 Å². The molecule has 0 saturated carbocycles. The second kappa shape index (κ2) is 5.72. The minimum atomic E-state index is -4.46. The maximum Gasteiger partial charge on any atom is 0.512 e. The van der Waals surface area contributed by atoms with Crippen molar-refractivity contribution in [1.82, 2.24) is 4.98 Å². The lowest BCUT2D eigenvalue weighted by atomic mass is 10.1. The molecule has 0 aliphatic rings. The fourth-order valence-corrected chi connectivity index (χ4v) is 1.79. The number of nitrogens with two attached hydrogens (primary N) is 1. The first kappa shape index (κ1) is 15.9. The number of aromatic nitrogens is 1. The fraction of sp³-hybridized carbons (Fsp3) is 0.0769. The second-order valence-electron chi connectivity index (χ2n) is 4.16. The number of pyridine rings is 1. The van der Waals surface area contributed by atoms with Crippen LogP contribution in [0.4, 0.5) is 23.7 Å². The van der Waals surface area contributed by atoms with Crippen LogP contribution in [-0.2, 0) is 6.18 Å². The molecular weight excluding hydrogens is 325 g/mol. The van der Waals surface area contributed by atoms with Crippen molar-refractivity contribution in [2.75, 3.05) is 5.73 Å². The Labute approximate surface area is 127 Å². The molecule has 1 heterocycles. The first-order chi connectivity index (χ1) is 10.2. The first-order valence-corrected chi connectivity index (χ1v) is 6.10. The summed E-state index contributed by atoms with van der Waals surface area (Å²) >= 11 is 5.76. The van der Waals surface area contributed by atoms with Gasteiger partial charge in [0.15, 0.2) is 0 Å². The molecule has 0 bridgehead atoms. The zero-order valence-corrected chi connectivity index (χ0v) is 11.4. The van der Waals surface area contributed by atoms with Crippen molar-refractivity contribution >= 4 is 23.4 Å². The smallest absolute Gasteiger partial charge is 0.449 e.